The number of halogens is 1. The minimum absolute atomic E-state index is 0.156. The van der Waals surface area contributed by atoms with E-state index in [2.05, 4.69) is 10.1 Å². The maximum atomic E-state index is 13.0. The second-order valence-electron chi connectivity index (χ2n) is 6.78. The molecule has 1 N–H and O–H groups in total. The summed E-state index contributed by atoms with van der Waals surface area (Å²) in [6, 6.07) is 10.7. The van der Waals surface area contributed by atoms with Crippen LogP contribution in [-0.2, 0) is 5.41 Å². The molecule has 0 bridgehead atoms. The number of aromatic carboxylic acids is 1. The van der Waals surface area contributed by atoms with Crippen molar-refractivity contribution < 1.29 is 18.8 Å². The van der Waals surface area contributed by atoms with Crippen molar-refractivity contribution in [2.75, 3.05) is 0 Å². The van der Waals surface area contributed by atoms with E-state index in [-0.39, 0.29) is 22.7 Å². The molecule has 0 radical (unpaired) electrons. The fourth-order valence-corrected chi connectivity index (χ4v) is 2.36. The third-order valence-corrected chi connectivity index (χ3v) is 3.82. The van der Waals surface area contributed by atoms with Crippen LogP contribution < -0.4 is 0 Å². The van der Waals surface area contributed by atoms with Crippen molar-refractivity contribution in [3.63, 3.8) is 0 Å². The van der Waals surface area contributed by atoms with Gasteiger partial charge in [-0.25, -0.2) is 9.18 Å². The van der Waals surface area contributed by atoms with Crippen LogP contribution in [0.2, 0.25) is 0 Å². The molecule has 0 spiro atoms. The summed E-state index contributed by atoms with van der Waals surface area (Å²) in [4.78, 5) is 15.7. The standard InChI is InChI=1S/C19H17FN2O3/c1-19(2,3)14-9-12(8-13(10-14)18(23)24)17-21-16(22-25-17)11-4-6-15(20)7-5-11/h4-10H,1-3H3,(H,23,24). The Labute approximate surface area is 144 Å². The number of hydrogen-bond donors (Lipinski definition) is 1. The molecule has 2 aromatic carbocycles. The fourth-order valence-electron chi connectivity index (χ4n) is 2.36. The van der Waals surface area contributed by atoms with E-state index in [4.69, 9.17) is 4.52 Å². The lowest BCUT2D eigenvalue weighted by Gasteiger charge is -2.20. The maximum Gasteiger partial charge on any atom is 0.335 e. The third-order valence-electron chi connectivity index (χ3n) is 3.82. The largest absolute Gasteiger partial charge is 0.478 e. The van der Waals surface area contributed by atoms with Crippen LogP contribution in [0.5, 0.6) is 0 Å². The molecule has 0 saturated heterocycles. The molecule has 6 heteroatoms. The van der Waals surface area contributed by atoms with E-state index in [1.807, 2.05) is 26.8 Å². The van der Waals surface area contributed by atoms with Gasteiger partial charge >= 0.3 is 5.97 Å². The summed E-state index contributed by atoms with van der Waals surface area (Å²) in [6.45, 7) is 5.99. The summed E-state index contributed by atoms with van der Waals surface area (Å²) >= 11 is 0. The van der Waals surface area contributed by atoms with Crippen LogP contribution in [0.4, 0.5) is 4.39 Å². The van der Waals surface area contributed by atoms with Gasteiger partial charge in [0.05, 0.1) is 5.56 Å². The van der Waals surface area contributed by atoms with Gasteiger partial charge in [0.25, 0.3) is 5.89 Å². The minimum Gasteiger partial charge on any atom is -0.478 e. The van der Waals surface area contributed by atoms with Crippen LogP contribution in [0.25, 0.3) is 22.8 Å². The van der Waals surface area contributed by atoms with Crippen molar-refractivity contribution in [1.82, 2.24) is 10.1 Å². The molecule has 0 saturated carbocycles. The monoisotopic (exact) mass is 340 g/mol. The first-order chi connectivity index (χ1) is 11.7. The van der Waals surface area contributed by atoms with E-state index in [0.29, 0.717) is 17.0 Å². The predicted molar refractivity (Wildman–Crippen MR) is 90.8 cm³/mol. The van der Waals surface area contributed by atoms with E-state index in [0.717, 1.165) is 5.56 Å². The molecular weight excluding hydrogens is 323 g/mol. The first kappa shape index (κ1) is 16.8. The average Bonchev–Trinajstić information content (AvgIpc) is 3.04. The van der Waals surface area contributed by atoms with E-state index < -0.39 is 5.97 Å². The smallest absolute Gasteiger partial charge is 0.335 e. The number of carbonyl (C=O) groups is 1. The summed E-state index contributed by atoms with van der Waals surface area (Å²) in [5.74, 6) is -0.844. The van der Waals surface area contributed by atoms with Gasteiger partial charge in [-0.05, 0) is 53.4 Å². The van der Waals surface area contributed by atoms with Gasteiger partial charge in [-0.15, -0.1) is 0 Å². The lowest BCUT2D eigenvalue weighted by atomic mass is 9.85. The van der Waals surface area contributed by atoms with Crippen LogP contribution in [0, 0.1) is 5.82 Å². The molecule has 1 heterocycles. The molecule has 0 aliphatic carbocycles. The van der Waals surface area contributed by atoms with Crippen molar-refractivity contribution in [3.05, 3.63) is 59.4 Å². The van der Waals surface area contributed by atoms with Crippen LogP contribution in [0.3, 0.4) is 0 Å². The topological polar surface area (TPSA) is 76.2 Å². The number of nitrogens with zero attached hydrogens (tertiary/aromatic N) is 2. The molecule has 5 nitrogen and oxygen atoms in total. The van der Waals surface area contributed by atoms with Gasteiger partial charge in [0.1, 0.15) is 5.82 Å². The van der Waals surface area contributed by atoms with Gasteiger partial charge in [0.15, 0.2) is 0 Å². The Hall–Kier alpha value is -3.02. The Bertz CT molecular complexity index is 925. The molecular formula is C19H17FN2O3. The van der Waals surface area contributed by atoms with Crippen molar-refractivity contribution in [2.45, 2.75) is 26.2 Å². The van der Waals surface area contributed by atoms with Gasteiger partial charge < -0.3 is 9.63 Å². The SMILES string of the molecule is CC(C)(C)c1cc(C(=O)O)cc(-c2nc(-c3ccc(F)cc3)no2)c1. The van der Waals surface area contributed by atoms with Crippen molar-refractivity contribution in [2.24, 2.45) is 0 Å². The maximum absolute atomic E-state index is 13.0. The van der Waals surface area contributed by atoms with E-state index in [1.54, 1.807) is 18.2 Å². The first-order valence-electron chi connectivity index (χ1n) is 7.73. The Morgan fingerprint density at radius 2 is 1.76 bits per heavy atom. The molecule has 1 aromatic heterocycles. The molecule has 0 aliphatic rings. The Kier molecular flexibility index (Phi) is 4.12. The van der Waals surface area contributed by atoms with Gasteiger partial charge in [-0.3, -0.25) is 0 Å². The Morgan fingerprint density at radius 1 is 1.08 bits per heavy atom. The highest BCUT2D eigenvalue weighted by atomic mass is 19.1. The zero-order valence-corrected chi connectivity index (χ0v) is 14.1. The molecule has 128 valence electrons. The minimum atomic E-state index is -1.02. The zero-order chi connectivity index (χ0) is 18.2. The summed E-state index contributed by atoms with van der Waals surface area (Å²) in [5, 5.41) is 13.3. The third kappa shape index (κ3) is 3.57. The average molecular weight is 340 g/mol. The molecule has 0 amide bonds. The second kappa shape index (κ2) is 6.12. The van der Waals surface area contributed by atoms with Gasteiger partial charge in [0.2, 0.25) is 5.82 Å². The second-order valence-corrected chi connectivity index (χ2v) is 6.78. The molecule has 0 fully saturated rings. The molecule has 0 unspecified atom stereocenters. The summed E-state index contributed by atoms with van der Waals surface area (Å²) in [6.07, 6.45) is 0. The highest BCUT2D eigenvalue weighted by Gasteiger charge is 2.20. The van der Waals surface area contributed by atoms with Crippen molar-refractivity contribution in [3.8, 4) is 22.8 Å². The van der Waals surface area contributed by atoms with Crippen LogP contribution >= 0.6 is 0 Å². The number of carboxylic acid groups (broad SMARTS) is 1. The zero-order valence-electron chi connectivity index (χ0n) is 14.1. The number of carboxylic acids is 1. The summed E-state index contributed by atoms with van der Waals surface area (Å²) < 4.78 is 18.3. The fraction of sp³-hybridized carbons (Fsp3) is 0.211. The van der Waals surface area contributed by atoms with Crippen molar-refractivity contribution in [1.29, 1.82) is 0 Å². The van der Waals surface area contributed by atoms with E-state index in [1.165, 1.54) is 18.2 Å². The lowest BCUT2D eigenvalue weighted by molar-refractivity contribution is 0.0696. The Balaban J connectivity index is 2.06. The van der Waals surface area contributed by atoms with Gasteiger partial charge in [-0.1, -0.05) is 25.9 Å². The molecule has 3 aromatic rings. The Morgan fingerprint density at radius 3 is 2.36 bits per heavy atom. The number of aromatic nitrogens is 2. The first-order valence-corrected chi connectivity index (χ1v) is 7.73. The molecule has 3 rings (SSSR count). The van der Waals surface area contributed by atoms with Gasteiger partial charge in [-0.2, -0.15) is 4.98 Å². The van der Waals surface area contributed by atoms with Crippen LogP contribution in [0.1, 0.15) is 36.7 Å². The highest BCUT2D eigenvalue weighted by molar-refractivity contribution is 5.89. The quantitative estimate of drug-likeness (QED) is 0.757. The van der Waals surface area contributed by atoms with Crippen LogP contribution in [-0.4, -0.2) is 21.2 Å². The summed E-state index contributed by atoms with van der Waals surface area (Å²) in [7, 11) is 0. The van der Waals surface area contributed by atoms with Gasteiger partial charge in [0, 0.05) is 11.1 Å². The van der Waals surface area contributed by atoms with E-state index in [9.17, 15) is 14.3 Å². The van der Waals surface area contributed by atoms with E-state index >= 15 is 0 Å². The number of hydrogen-bond acceptors (Lipinski definition) is 4. The normalized spacial score (nSPS) is 11.5. The molecule has 0 atom stereocenters. The summed E-state index contributed by atoms with van der Waals surface area (Å²) in [5.41, 5.74) is 1.92. The number of benzene rings is 2. The lowest BCUT2D eigenvalue weighted by Crippen LogP contribution is -2.12. The molecule has 0 aliphatic heterocycles. The highest BCUT2D eigenvalue weighted by Crippen LogP contribution is 2.30. The van der Waals surface area contributed by atoms with Crippen molar-refractivity contribution >= 4 is 5.97 Å². The van der Waals surface area contributed by atoms with Crippen LogP contribution in [0.15, 0.2) is 47.0 Å². The number of rotatable bonds is 3. The predicted octanol–water partition coefficient (Wildman–Crippen LogP) is 4.54. The molecule has 25 heavy (non-hydrogen) atoms.